The van der Waals surface area contributed by atoms with Crippen LogP contribution in [0.2, 0.25) is 0 Å². The maximum Gasteiger partial charge on any atom is 0.450 e. The first-order valence-corrected chi connectivity index (χ1v) is 8.62. The van der Waals surface area contributed by atoms with Crippen LogP contribution in [0.25, 0.3) is 11.1 Å². The molecule has 0 N–H and O–H groups in total. The molecule has 0 saturated heterocycles. The molecule has 2 aromatic rings. The van der Waals surface area contributed by atoms with Crippen molar-refractivity contribution in [3.63, 3.8) is 0 Å². The number of rotatable bonds is 3. The van der Waals surface area contributed by atoms with E-state index < -0.39 is 29.4 Å². The number of methoxy groups -OCH3 is 1. The number of benzene rings is 2. The lowest BCUT2D eigenvalue weighted by Crippen LogP contribution is -2.29. The van der Waals surface area contributed by atoms with Crippen molar-refractivity contribution in [3.05, 3.63) is 82.8 Å². The van der Waals surface area contributed by atoms with Crippen LogP contribution < -0.4 is 0 Å². The van der Waals surface area contributed by atoms with Crippen molar-refractivity contribution in [1.82, 2.24) is 0 Å². The molecule has 0 unspecified atom stereocenters. The third-order valence-electron chi connectivity index (χ3n) is 4.60. The maximum atomic E-state index is 13.7. The monoisotopic (exact) mass is 399 g/mol. The fraction of sp³-hybridized carbons (Fsp3) is 0.182. The number of esters is 1. The summed E-state index contributed by atoms with van der Waals surface area (Å²) in [5.74, 6) is -4.16. The fourth-order valence-electron chi connectivity index (χ4n) is 3.36. The van der Waals surface area contributed by atoms with Crippen LogP contribution >= 0.6 is 0 Å². The van der Waals surface area contributed by atoms with E-state index in [4.69, 9.17) is 4.74 Å². The summed E-state index contributed by atoms with van der Waals surface area (Å²) in [6.45, 7) is 1.27. The van der Waals surface area contributed by atoms with Crippen LogP contribution in [0, 0.1) is 11.3 Å². The second-order valence-electron chi connectivity index (χ2n) is 6.30. The minimum absolute atomic E-state index is 0.0817. The first kappa shape index (κ1) is 20.2. The zero-order chi connectivity index (χ0) is 21.2. The van der Waals surface area contributed by atoms with Crippen molar-refractivity contribution >= 4 is 5.97 Å². The van der Waals surface area contributed by atoms with E-state index in [9.17, 15) is 23.2 Å². The minimum Gasteiger partial charge on any atom is -0.466 e. The predicted molar refractivity (Wildman–Crippen MR) is 99.1 cm³/mol. The number of nitriles is 1. The topological polar surface area (TPSA) is 59.3 Å². The lowest BCUT2D eigenvalue weighted by atomic mass is 9.79. The molecule has 7 heteroatoms. The molecule has 1 aliphatic rings. The quantitative estimate of drug-likeness (QED) is 0.661. The number of nitrogens with zero attached hydrogens (tertiary/aromatic N) is 1. The zero-order valence-corrected chi connectivity index (χ0v) is 15.6. The van der Waals surface area contributed by atoms with E-state index in [1.54, 1.807) is 48.5 Å². The van der Waals surface area contributed by atoms with Gasteiger partial charge >= 0.3 is 12.1 Å². The number of allylic oxidation sites excluding steroid dienone is 3. The van der Waals surface area contributed by atoms with E-state index in [1.165, 1.54) is 6.92 Å². The number of hydrogen-bond donors (Lipinski definition) is 0. The van der Waals surface area contributed by atoms with Gasteiger partial charge in [-0.2, -0.15) is 18.4 Å². The van der Waals surface area contributed by atoms with Gasteiger partial charge in [-0.05, 0) is 23.6 Å². The summed E-state index contributed by atoms with van der Waals surface area (Å²) in [5, 5.41) is 9.67. The smallest absolute Gasteiger partial charge is 0.450 e. The summed E-state index contributed by atoms with van der Waals surface area (Å²) in [7, 11) is 0.987. The van der Waals surface area contributed by atoms with E-state index in [2.05, 4.69) is 4.74 Å². The van der Waals surface area contributed by atoms with Crippen LogP contribution in [-0.4, -0.2) is 19.3 Å². The van der Waals surface area contributed by atoms with Gasteiger partial charge in [-0.15, -0.1) is 0 Å². The molecule has 1 heterocycles. The molecule has 0 aromatic heterocycles. The first-order chi connectivity index (χ1) is 13.8. The second kappa shape index (κ2) is 7.84. The molecule has 0 fully saturated rings. The summed E-state index contributed by atoms with van der Waals surface area (Å²) >= 11 is 0. The molecule has 1 atom stereocenters. The number of carbonyl (C=O) groups is 1. The molecule has 29 heavy (non-hydrogen) atoms. The summed E-state index contributed by atoms with van der Waals surface area (Å²) in [6, 6.07) is 17.6. The molecule has 0 radical (unpaired) electrons. The zero-order valence-electron chi connectivity index (χ0n) is 15.6. The van der Waals surface area contributed by atoms with Crippen LogP contribution in [0.3, 0.4) is 0 Å². The van der Waals surface area contributed by atoms with Crippen molar-refractivity contribution in [2.24, 2.45) is 0 Å². The Hall–Kier alpha value is -3.53. The molecular weight excluding hydrogens is 383 g/mol. The fourth-order valence-corrected chi connectivity index (χ4v) is 3.36. The minimum atomic E-state index is -4.94. The normalized spacial score (nSPS) is 16.9. The van der Waals surface area contributed by atoms with Crippen LogP contribution in [0.5, 0.6) is 0 Å². The van der Waals surface area contributed by atoms with Gasteiger partial charge in [0, 0.05) is 0 Å². The Morgan fingerprint density at radius 2 is 1.72 bits per heavy atom. The van der Waals surface area contributed by atoms with Crippen molar-refractivity contribution in [2.75, 3.05) is 7.11 Å². The summed E-state index contributed by atoms with van der Waals surface area (Å²) in [6.07, 6.45) is -4.94. The Kier molecular flexibility index (Phi) is 5.46. The molecule has 148 valence electrons. The molecule has 2 aromatic carbocycles. The second-order valence-corrected chi connectivity index (χ2v) is 6.30. The summed E-state index contributed by atoms with van der Waals surface area (Å²) < 4.78 is 50.7. The van der Waals surface area contributed by atoms with Crippen LogP contribution in [0.15, 0.2) is 77.3 Å². The van der Waals surface area contributed by atoms with Gasteiger partial charge < -0.3 is 9.47 Å². The standard InChI is InChI=1S/C22H16F3NO3/c1-13-17(12-26)18(19(21(27)28-2)20(29-13)22(23,24)25)16-11-7-6-10-15(16)14-8-4-3-5-9-14/h3-11,18H,1-2H3/t18-/m1/s1. The van der Waals surface area contributed by atoms with E-state index in [1.807, 2.05) is 12.1 Å². The van der Waals surface area contributed by atoms with Crippen molar-refractivity contribution in [3.8, 4) is 17.2 Å². The van der Waals surface area contributed by atoms with Gasteiger partial charge in [0.25, 0.3) is 0 Å². The SMILES string of the molecule is COC(=O)C1=C(C(F)(F)F)OC(C)=C(C#N)[C@H]1c1ccccc1-c1ccccc1. The van der Waals surface area contributed by atoms with Gasteiger partial charge in [-0.3, -0.25) is 0 Å². The average molecular weight is 399 g/mol. The van der Waals surface area contributed by atoms with E-state index >= 15 is 0 Å². The van der Waals surface area contributed by atoms with E-state index in [0.29, 0.717) is 11.1 Å². The number of hydrogen-bond acceptors (Lipinski definition) is 4. The highest BCUT2D eigenvalue weighted by Crippen LogP contribution is 2.47. The Bertz CT molecular complexity index is 1050. The number of halogens is 3. The lowest BCUT2D eigenvalue weighted by molar-refractivity contribution is -0.143. The Balaban J connectivity index is 2.35. The highest BCUT2D eigenvalue weighted by atomic mass is 19.4. The number of alkyl halides is 3. The molecule has 0 bridgehead atoms. The van der Waals surface area contributed by atoms with Crippen molar-refractivity contribution in [2.45, 2.75) is 19.0 Å². The molecule has 3 rings (SSSR count). The highest BCUT2D eigenvalue weighted by molar-refractivity contribution is 5.93. The molecule has 0 amide bonds. The highest BCUT2D eigenvalue weighted by Gasteiger charge is 2.48. The van der Waals surface area contributed by atoms with Crippen molar-refractivity contribution < 1.29 is 27.4 Å². The summed E-state index contributed by atoms with van der Waals surface area (Å²) in [5.41, 5.74) is 0.887. The largest absolute Gasteiger partial charge is 0.466 e. The average Bonchev–Trinajstić information content (AvgIpc) is 2.72. The Labute approximate surface area is 165 Å². The Morgan fingerprint density at radius 3 is 2.31 bits per heavy atom. The third-order valence-corrected chi connectivity index (χ3v) is 4.60. The Morgan fingerprint density at radius 1 is 1.10 bits per heavy atom. The van der Waals surface area contributed by atoms with Gasteiger partial charge in [0.2, 0.25) is 5.76 Å². The van der Waals surface area contributed by atoms with Crippen molar-refractivity contribution in [1.29, 1.82) is 5.26 Å². The van der Waals surface area contributed by atoms with Crippen LogP contribution in [-0.2, 0) is 14.3 Å². The molecule has 0 aliphatic carbocycles. The van der Waals surface area contributed by atoms with Gasteiger partial charge in [-0.25, -0.2) is 4.79 Å². The van der Waals surface area contributed by atoms with E-state index in [0.717, 1.165) is 12.7 Å². The maximum absolute atomic E-state index is 13.7. The van der Waals surface area contributed by atoms with Crippen LogP contribution in [0.4, 0.5) is 13.2 Å². The first-order valence-electron chi connectivity index (χ1n) is 8.62. The van der Waals surface area contributed by atoms with Gasteiger partial charge in [0.05, 0.1) is 30.2 Å². The van der Waals surface area contributed by atoms with E-state index in [-0.39, 0.29) is 11.3 Å². The van der Waals surface area contributed by atoms with Crippen LogP contribution in [0.1, 0.15) is 18.4 Å². The molecule has 0 spiro atoms. The molecular formula is C22H16F3NO3. The molecule has 0 saturated carbocycles. The number of carbonyl (C=O) groups excluding carboxylic acids is 1. The molecule has 1 aliphatic heterocycles. The molecule has 4 nitrogen and oxygen atoms in total. The van der Waals surface area contributed by atoms with Gasteiger partial charge in [-0.1, -0.05) is 54.6 Å². The number of ether oxygens (including phenoxy) is 2. The lowest BCUT2D eigenvalue weighted by Gasteiger charge is -2.30. The van der Waals surface area contributed by atoms with Gasteiger partial charge in [0.15, 0.2) is 0 Å². The summed E-state index contributed by atoms with van der Waals surface area (Å²) in [4.78, 5) is 12.4. The van der Waals surface area contributed by atoms with Gasteiger partial charge in [0.1, 0.15) is 5.76 Å². The third kappa shape index (κ3) is 3.74. The predicted octanol–water partition coefficient (Wildman–Crippen LogP) is 5.25.